The topological polar surface area (TPSA) is 113 Å². The molecule has 0 aliphatic rings. The van der Waals surface area contributed by atoms with E-state index in [1.54, 1.807) is 82.7 Å². The molecule has 9 nitrogen and oxygen atoms in total. The number of hydrogen-bond acceptors (Lipinski definition) is 8. The number of methoxy groups -OCH3 is 2. The van der Waals surface area contributed by atoms with E-state index in [1.165, 1.54) is 0 Å². The summed E-state index contributed by atoms with van der Waals surface area (Å²) in [5.41, 5.74) is 1.76. The van der Waals surface area contributed by atoms with Crippen molar-refractivity contribution in [3.05, 3.63) is 65.7 Å². The molecule has 0 aliphatic heterocycles. The van der Waals surface area contributed by atoms with E-state index in [2.05, 4.69) is 5.32 Å². The van der Waals surface area contributed by atoms with Crippen LogP contribution in [0.4, 0.5) is 10.5 Å². The Morgan fingerprint density at radius 2 is 1.69 bits per heavy atom. The number of benzene rings is 2. The number of allylic oxidation sites excluding steroid dienone is 1. The number of carbonyl (C=O) groups excluding carboxylic acids is 2. The van der Waals surface area contributed by atoms with Gasteiger partial charge in [0.1, 0.15) is 18.1 Å². The number of aliphatic hydroxyl groups excluding tert-OH is 1. The summed E-state index contributed by atoms with van der Waals surface area (Å²) in [6.45, 7) is 3.84. The van der Waals surface area contributed by atoms with Gasteiger partial charge in [-0.15, -0.1) is 0 Å². The van der Waals surface area contributed by atoms with Gasteiger partial charge in [0.05, 0.1) is 26.4 Å². The third kappa shape index (κ3) is 9.24. The summed E-state index contributed by atoms with van der Waals surface area (Å²) in [7, 11) is 3.11. The van der Waals surface area contributed by atoms with Crippen molar-refractivity contribution < 1.29 is 38.4 Å². The molecule has 36 heavy (non-hydrogen) atoms. The Kier molecular flexibility index (Phi) is 12.3. The molecule has 0 aromatic heterocycles. The summed E-state index contributed by atoms with van der Waals surface area (Å²) in [5.74, 6) is 0.883. The van der Waals surface area contributed by atoms with Crippen LogP contribution < -0.4 is 14.8 Å². The maximum absolute atomic E-state index is 12.8. The van der Waals surface area contributed by atoms with E-state index < -0.39 is 18.3 Å². The number of nitrogens with one attached hydrogen (secondary N) is 1. The molecule has 2 N–H and O–H groups in total. The van der Waals surface area contributed by atoms with Crippen LogP contribution in [0, 0.1) is 0 Å². The molecule has 0 saturated carbocycles. The molecule has 2 aromatic carbocycles. The summed E-state index contributed by atoms with van der Waals surface area (Å²) in [4.78, 5) is 24.7. The first-order chi connectivity index (χ1) is 17.4. The van der Waals surface area contributed by atoms with Gasteiger partial charge < -0.3 is 28.8 Å². The van der Waals surface area contributed by atoms with Crippen molar-refractivity contribution in [1.29, 1.82) is 0 Å². The summed E-state index contributed by atoms with van der Waals surface area (Å²) in [6, 6.07) is 13.9. The smallest absolute Gasteiger partial charge is 0.412 e. The van der Waals surface area contributed by atoms with Gasteiger partial charge in [-0.05, 0) is 68.7 Å². The van der Waals surface area contributed by atoms with E-state index in [9.17, 15) is 9.59 Å². The van der Waals surface area contributed by atoms with E-state index in [0.29, 0.717) is 47.8 Å². The average Bonchev–Trinajstić information content (AvgIpc) is 2.89. The number of anilines is 1. The van der Waals surface area contributed by atoms with Crippen molar-refractivity contribution in [2.24, 2.45) is 0 Å². The molecule has 0 unspecified atom stereocenters. The zero-order valence-electron chi connectivity index (χ0n) is 21.2. The maximum atomic E-state index is 12.8. The van der Waals surface area contributed by atoms with Gasteiger partial charge in [0.25, 0.3) is 0 Å². The van der Waals surface area contributed by atoms with Crippen LogP contribution in [0.15, 0.2) is 60.2 Å². The van der Waals surface area contributed by atoms with Crippen LogP contribution in [0.1, 0.15) is 38.4 Å². The third-order valence-corrected chi connectivity index (χ3v) is 5.28. The first kappa shape index (κ1) is 28.7. The van der Waals surface area contributed by atoms with Crippen molar-refractivity contribution >= 4 is 17.7 Å². The molecular formula is C27H35NO8. The molecule has 196 valence electrons. The SMILES string of the molecule is CCOC(=O)/C(C)=C/CC[C@@H](OC)[C@H](OC(=O)Nc1ccc(OC)cc1)c1ccc(OCCO)cc1. The zero-order valence-corrected chi connectivity index (χ0v) is 21.2. The van der Waals surface area contributed by atoms with Crippen molar-refractivity contribution in [3.8, 4) is 11.5 Å². The highest BCUT2D eigenvalue weighted by Gasteiger charge is 2.27. The van der Waals surface area contributed by atoms with E-state index in [0.717, 1.165) is 0 Å². The molecule has 0 radical (unpaired) electrons. The minimum atomic E-state index is -0.739. The number of ether oxygens (including phenoxy) is 5. The summed E-state index contributed by atoms with van der Waals surface area (Å²) >= 11 is 0. The van der Waals surface area contributed by atoms with Crippen LogP contribution in [-0.4, -0.2) is 57.3 Å². The van der Waals surface area contributed by atoms with Crippen LogP contribution in [0.5, 0.6) is 11.5 Å². The average molecular weight is 502 g/mol. The van der Waals surface area contributed by atoms with Crippen LogP contribution >= 0.6 is 0 Å². The summed E-state index contributed by atoms with van der Waals surface area (Å²) in [5, 5.41) is 11.7. The molecule has 0 aliphatic carbocycles. The fourth-order valence-electron chi connectivity index (χ4n) is 3.40. The first-order valence-corrected chi connectivity index (χ1v) is 11.7. The molecule has 0 saturated heterocycles. The normalized spacial score (nSPS) is 12.9. The van der Waals surface area contributed by atoms with E-state index >= 15 is 0 Å². The lowest BCUT2D eigenvalue weighted by Gasteiger charge is -2.26. The quantitative estimate of drug-likeness (QED) is 0.284. The van der Waals surface area contributed by atoms with Gasteiger partial charge >= 0.3 is 12.1 Å². The highest BCUT2D eigenvalue weighted by Crippen LogP contribution is 2.29. The van der Waals surface area contributed by atoms with Gasteiger partial charge in [0.15, 0.2) is 6.10 Å². The third-order valence-electron chi connectivity index (χ3n) is 5.28. The largest absolute Gasteiger partial charge is 0.497 e. The fourth-order valence-corrected chi connectivity index (χ4v) is 3.40. The van der Waals surface area contributed by atoms with Crippen LogP contribution in [0.3, 0.4) is 0 Å². The summed E-state index contributed by atoms with van der Waals surface area (Å²) < 4.78 is 27.1. The Morgan fingerprint density at radius 1 is 1.03 bits per heavy atom. The van der Waals surface area contributed by atoms with Crippen molar-refractivity contribution in [2.45, 2.75) is 38.9 Å². The van der Waals surface area contributed by atoms with Crippen molar-refractivity contribution in [1.82, 2.24) is 0 Å². The van der Waals surface area contributed by atoms with Crippen LogP contribution in [-0.2, 0) is 19.0 Å². The molecule has 0 heterocycles. The summed E-state index contributed by atoms with van der Waals surface area (Å²) in [6.07, 6.45) is 0.895. The number of carbonyl (C=O) groups is 2. The van der Waals surface area contributed by atoms with Gasteiger partial charge in [-0.1, -0.05) is 18.2 Å². The van der Waals surface area contributed by atoms with Crippen LogP contribution in [0.2, 0.25) is 0 Å². The Labute approximate surface area is 212 Å². The molecule has 1 amide bonds. The van der Waals surface area contributed by atoms with Crippen molar-refractivity contribution in [2.75, 3.05) is 39.4 Å². The second-order valence-electron chi connectivity index (χ2n) is 7.78. The first-order valence-electron chi connectivity index (χ1n) is 11.7. The Hall–Kier alpha value is -3.56. The number of amides is 1. The van der Waals surface area contributed by atoms with Gasteiger partial charge in [-0.3, -0.25) is 5.32 Å². The van der Waals surface area contributed by atoms with Gasteiger partial charge in [-0.25, -0.2) is 9.59 Å². The lowest BCUT2D eigenvalue weighted by atomic mass is 9.99. The molecule has 0 spiro atoms. The molecule has 2 atom stereocenters. The number of esters is 1. The van der Waals surface area contributed by atoms with Gasteiger partial charge in [-0.2, -0.15) is 0 Å². The predicted octanol–water partition coefficient (Wildman–Crippen LogP) is 4.66. The predicted molar refractivity (Wildman–Crippen MR) is 135 cm³/mol. The number of aliphatic hydroxyl groups is 1. The highest BCUT2D eigenvalue weighted by atomic mass is 16.6. The number of hydrogen-bond donors (Lipinski definition) is 2. The molecule has 2 rings (SSSR count). The lowest BCUT2D eigenvalue weighted by molar-refractivity contribution is -0.138. The Balaban J connectivity index is 2.18. The number of rotatable bonds is 14. The highest BCUT2D eigenvalue weighted by molar-refractivity contribution is 5.87. The van der Waals surface area contributed by atoms with E-state index in [-0.39, 0.29) is 19.2 Å². The molecule has 0 fully saturated rings. The monoisotopic (exact) mass is 501 g/mol. The Morgan fingerprint density at radius 3 is 2.28 bits per heavy atom. The van der Waals surface area contributed by atoms with Gasteiger partial charge in [0, 0.05) is 18.4 Å². The van der Waals surface area contributed by atoms with E-state index in [4.69, 9.17) is 28.8 Å². The Bertz CT molecular complexity index is 972. The molecule has 0 bridgehead atoms. The second kappa shape index (κ2) is 15.4. The van der Waals surface area contributed by atoms with Gasteiger partial charge in [0.2, 0.25) is 0 Å². The molecule has 2 aromatic rings. The zero-order chi connectivity index (χ0) is 26.3. The fraction of sp³-hybridized carbons (Fsp3) is 0.407. The molecule has 9 heteroatoms. The molecular weight excluding hydrogens is 466 g/mol. The van der Waals surface area contributed by atoms with Crippen molar-refractivity contribution in [3.63, 3.8) is 0 Å². The van der Waals surface area contributed by atoms with E-state index in [1.807, 2.05) is 0 Å². The second-order valence-corrected chi connectivity index (χ2v) is 7.78. The maximum Gasteiger partial charge on any atom is 0.412 e. The van der Waals surface area contributed by atoms with Crippen LogP contribution in [0.25, 0.3) is 0 Å². The lowest BCUT2D eigenvalue weighted by Crippen LogP contribution is -2.28. The standard InChI is InChI=1S/C27H35NO8/c1-5-34-26(30)19(2)7-6-8-24(33-4)25(20-9-13-23(14-10-20)35-18-17-29)36-27(31)28-21-11-15-22(32-3)16-12-21/h7,9-16,24-25,29H,5-6,8,17-18H2,1-4H3,(H,28,31)/b19-7+/t24-,25-/m1/s1. The minimum absolute atomic E-state index is 0.0937. The minimum Gasteiger partial charge on any atom is -0.497 e.